The summed E-state index contributed by atoms with van der Waals surface area (Å²) in [5, 5.41) is 2.82. The first-order valence-corrected chi connectivity index (χ1v) is 8.50. The van der Waals surface area contributed by atoms with Gasteiger partial charge in [-0.1, -0.05) is 0 Å². The fraction of sp³-hybridized carbons (Fsp3) is 0.368. The maximum Gasteiger partial charge on any atom is 0.304 e. The van der Waals surface area contributed by atoms with Gasteiger partial charge in [0.25, 0.3) is 0 Å². The number of nitrogens with zero attached hydrogens (tertiary/aromatic N) is 2. The van der Waals surface area contributed by atoms with Gasteiger partial charge in [0.15, 0.2) is 5.54 Å². The van der Waals surface area contributed by atoms with E-state index in [9.17, 15) is 8.78 Å². The third-order valence-electron chi connectivity index (χ3n) is 4.80. The number of ether oxygens (including phenoxy) is 1. The molecule has 1 aliphatic heterocycles. The van der Waals surface area contributed by atoms with Gasteiger partial charge in [0.05, 0.1) is 18.1 Å². The molecule has 0 amide bonds. The van der Waals surface area contributed by atoms with E-state index >= 15 is 8.78 Å². The lowest BCUT2D eigenvalue weighted by Crippen LogP contribution is -2.56. The van der Waals surface area contributed by atoms with Crippen molar-refractivity contribution in [2.75, 3.05) is 11.9 Å². The van der Waals surface area contributed by atoms with Crippen molar-refractivity contribution in [3.63, 3.8) is 0 Å². The van der Waals surface area contributed by atoms with Crippen LogP contribution in [0.25, 0.3) is 0 Å². The number of anilines is 2. The summed E-state index contributed by atoms with van der Waals surface area (Å²) in [5.41, 5.74) is 1.63. The van der Waals surface area contributed by atoms with Crippen LogP contribution >= 0.6 is 0 Å². The highest BCUT2D eigenvalue weighted by Crippen LogP contribution is 2.50. The number of amidine groups is 1. The van der Waals surface area contributed by atoms with Crippen molar-refractivity contribution in [3.8, 4) is 0 Å². The first kappa shape index (κ1) is 20.1. The summed E-state index contributed by atoms with van der Waals surface area (Å²) in [5.74, 6) is -5.22. The molecule has 0 radical (unpaired) electrons. The number of aromatic nitrogens is 1. The van der Waals surface area contributed by atoms with Gasteiger partial charge in [0.2, 0.25) is 0 Å². The normalized spacial score (nSPS) is 23.6. The monoisotopic (exact) mass is 396 g/mol. The molecule has 0 fully saturated rings. The second-order valence-corrected chi connectivity index (χ2v) is 7.26. The zero-order chi connectivity index (χ0) is 20.7. The number of rotatable bonds is 3. The molecule has 0 aliphatic carbocycles. The predicted molar refractivity (Wildman–Crippen MR) is 97.8 cm³/mol. The molecule has 0 saturated carbocycles. The number of nitrogens with two attached hydrogens (primary N) is 1. The largest absolute Gasteiger partial charge is 0.385 e. The van der Waals surface area contributed by atoms with Gasteiger partial charge < -0.3 is 15.8 Å². The lowest BCUT2D eigenvalue weighted by Gasteiger charge is -2.42. The van der Waals surface area contributed by atoms with Crippen molar-refractivity contribution in [3.05, 3.63) is 53.9 Å². The van der Waals surface area contributed by atoms with Gasteiger partial charge in [-0.25, -0.2) is 17.6 Å². The van der Waals surface area contributed by atoms with Crippen molar-refractivity contribution >= 4 is 17.2 Å². The number of aliphatic imine (C=N–C) groups is 1. The van der Waals surface area contributed by atoms with E-state index in [-0.39, 0.29) is 29.4 Å². The Hall–Kier alpha value is -2.68. The molecule has 1 aliphatic rings. The van der Waals surface area contributed by atoms with Gasteiger partial charge in [-0.2, -0.15) is 0 Å². The van der Waals surface area contributed by atoms with Crippen LogP contribution in [0.3, 0.4) is 0 Å². The molecule has 1 unspecified atom stereocenters. The Labute approximate surface area is 159 Å². The summed E-state index contributed by atoms with van der Waals surface area (Å²) in [4.78, 5) is 7.63. The number of alkyl halides is 2. The number of halogens is 4. The molecule has 2 aromatic rings. The molecule has 1 aromatic heterocycles. The SMILES string of the molecule is CC1(C)OCC(N)=NC(C)(c2cc(Nc3cncc(F)c3)ccc2F)C1(F)F. The molecule has 1 aromatic carbocycles. The van der Waals surface area contributed by atoms with Crippen LogP contribution in [0.4, 0.5) is 28.9 Å². The summed E-state index contributed by atoms with van der Waals surface area (Å²) in [6, 6.07) is 4.75. The van der Waals surface area contributed by atoms with E-state index in [2.05, 4.69) is 15.3 Å². The quantitative estimate of drug-likeness (QED) is 0.766. The van der Waals surface area contributed by atoms with Crippen LogP contribution in [0.2, 0.25) is 0 Å². The van der Waals surface area contributed by atoms with Crippen LogP contribution in [0.5, 0.6) is 0 Å². The molecule has 28 heavy (non-hydrogen) atoms. The molecule has 2 heterocycles. The summed E-state index contributed by atoms with van der Waals surface area (Å²) < 4.78 is 64.0. The molecule has 0 saturated heterocycles. The highest BCUT2D eigenvalue weighted by molar-refractivity contribution is 5.82. The maximum atomic E-state index is 15.4. The minimum atomic E-state index is -3.60. The Morgan fingerprint density at radius 1 is 1.07 bits per heavy atom. The Kier molecular flexibility index (Phi) is 4.82. The molecular weight excluding hydrogens is 376 g/mol. The van der Waals surface area contributed by atoms with E-state index in [1.807, 2.05) is 0 Å². The molecule has 150 valence electrons. The molecule has 3 rings (SSSR count). The second kappa shape index (κ2) is 6.73. The summed E-state index contributed by atoms with van der Waals surface area (Å²) >= 11 is 0. The van der Waals surface area contributed by atoms with Crippen LogP contribution in [0, 0.1) is 11.6 Å². The molecule has 0 spiro atoms. The molecule has 5 nitrogen and oxygen atoms in total. The summed E-state index contributed by atoms with van der Waals surface area (Å²) in [7, 11) is 0. The first-order chi connectivity index (χ1) is 13.0. The topological polar surface area (TPSA) is 72.5 Å². The predicted octanol–water partition coefficient (Wildman–Crippen LogP) is 4.12. The molecular formula is C19H20F4N4O. The minimum absolute atomic E-state index is 0.167. The highest BCUT2D eigenvalue weighted by atomic mass is 19.3. The van der Waals surface area contributed by atoms with Gasteiger partial charge >= 0.3 is 5.92 Å². The van der Waals surface area contributed by atoms with E-state index in [4.69, 9.17) is 10.5 Å². The number of pyridine rings is 1. The third-order valence-corrected chi connectivity index (χ3v) is 4.80. The Balaban J connectivity index is 2.11. The van der Waals surface area contributed by atoms with E-state index < -0.39 is 28.7 Å². The molecule has 0 bridgehead atoms. The highest BCUT2D eigenvalue weighted by Gasteiger charge is 2.63. The van der Waals surface area contributed by atoms with E-state index in [1.165, 1.54) is 38.2 Å². The molecule has 1 atom stereocenters. The Morgan fingerprint density at radius 3 is 2.46 bits per heavy atom. The average Bonchev–Trinajstić information content (AvgIpc) is 2.66. The van der Waals surface area contributed by atoms with Gasteiger partial charge in [0, 0.05) is 17.3 Å². The van der Waals surface area contributed by atoms with Gasteiger partial charge in [0.1, 0.15) is 29.7 Å². The van der Waals surface area contributed by atoms with Gasteiger partial charge in [-0.05, 0) is 39.0 Å². The number of benzene rings is 1. The van der Waals surface area contributed by atoms with Crippen LogP contribution in [-0.2, 0) is 10.3 Å². The fourth-order valence-electron chi connectivity index (χ4n) is 3.17. The minimum Gasteiger partial charge on any atom is -0.385 e. The summed E-state index contributed by atoms with van der Waals surface area (Å²) in [6.45, 7) is 3.23. The zero-order valence-electron chi connectivity index (χ0n) is 15.6. The average molecular weight is 396 g/mol. The van der Waals surface area contributed by atoms with Crippen molar-refractivity contribution in [1.82, 2.24) is 4.98 Å². The van der Waals surface area contributed by atoms with Crippen molar-refractivity contribution in [1.29, 1.82) is 0 Å². The fourth-order valence-corrected chi connectivity index (χ4v) is 3.17. The van der Waals surface area contributed by atoms with E-state index in [1.54, 1.807) is 0 Å². The third kappa shape index (κ3) is 3.30. The zero-order valence-corrected chi connectivity index (χ0v) is 15.6. The smallest absolute Gasteiger partial charge is 0.304 e. The first-order valence-electron chi connectivity index (χ1n) is 8.50. The number of nitrogens with one attached hydrogen (secondary N) is 1. The lowest BCUT2D eigenvalue weighted by molar-refractivity contribution is -0.214. The van der Waals surface area contributed by atoms with Crippen LogP contribution in [-0.4, -0.2) is 29.0 Å². The van der Waals surface area contributed by atoms with Crippen molar-refractivity contribution in [2.45, 2.75) is 37.8 Å². The lowest BCUT2D eigenvalue weighted by atomic mass is 9.78. The van der Waals surface area contributed by atoms with Crippen molar-refractivity contribution < 1.29 is 22.3 Å². The van der Waals surface area contributed by atoms with Gasteiger partial charge in [-0.3, -0.25) is 9.98 Å². The summed E-state index contributed by atoms with van der Waals surface area (Å²) in [6.07, 6.45) is 2.37. The van der Waals surface area contributed by atoms with Crippen LogP contribution in [0.1, 0.15) is 26.3 Å². The van der Waals surface area contributed by atoms with Crippen LogP contribution in [0.15, 0.2) is 41.7 Å². The maximum absolute atomic E-state index is 15.4. The number of hydrogen-bond donors (Lipinski definition) is 2. The number of hydrogen-bond acceptors (Lipinski definition) is 5. The molecule has 9 heteroatoms. The standard InChI is InChI=1S/C19H20F4N4O/c1-17(2)19(22,23)18(3,27-16(24)10-28-17)14-7-12(4-5-15(14)21)26-13-6-11(20)8-25-9-13/h4-9,26H,10H2,1-3H3,(H2,24,27). The van der Waals surface area contributed by atoms with E-state index in [0.717, 1.165) is 19.2 Å². The van der Waals surface area contributed by atoms with Crippen LogP contribution < -0.4 is 11.1 Å². The van der Waals surface area contributed by atoms with Gasteiger partial charge in [-0.15, -0.1) is 0 Å². The Morgan fingerprint density at radius 2 is 1.79 bits per heavy atom. The van der Waals surface area contributed by atoms with Crippen molar-refractivity contribution in [2.24, 2.45) is 10.7 Å². The molecule has 3 N–H and O–H groups in total. The van der Waals surface area contributed by atoms with E-state index in [0.29, 0.717) is 0 Å². The second-order valence-electron chi connectivity index (χ2n) is 7.26. The Bertz CT molecular complexity index is 932.